The summed E-state index contributed by atoms with van der Waals surface area (Å²) in [5.74, 6) is 2.12. The van der Waals surface area contributed by atoms with Gasteiger partial charge >= 0.3 is 0 Å². The molecular formula is C22H31N3O2S. The van der Waals surface area contributed by atoms with Gasteiger partial charge < -0.3 is 9.47 Å². The summed E-state index contributed by atoms with van der Waals surface area (Å²) < 4.78 is 12.9. The molecule has 1 aromatic heterocycles. The van der Waals surface area contributed by atoms with Crippen molar-refractivity contribution < 1.29 is 9.47 Å². The van der Waals surface area contributed by atoms with Crippen LogP contribution in [0.3, 0.4) is 0 Å². The summed E-state index contributed by atoms with van der Waals surface area (Å²) in [4.78, 5) is 6.01. The van der Waals surface area contributed by atoms with Crippen molar-refractivity contribution in [1.82, 2.24) is 4.68 Å². The van der Waals surface area contributed by atoms with Crippen molar-refractivity contribution in [2.45, 2.75) is 58.4 Å². The molecule has 1 fully saturated rings. The number of rotatable bonds is 7. The molecule has 1 aromatic carbocycles. The van der Waals surface area contributed by atoms with Gasteiger partial charge in [-0.05, 0) is 37.3 Å². The Bertz CT molecular complexity index is 861. The van der Waals surface area contributed by atoms with Crippen molar-refractivity contribution in [3.05, 3.63) is 28.4 Å². The van der Waals surface area contributed by atoms with Crippen LogP contribution in [0.1, 0.15) is 52.4 Å². The fourth-order valence-electron chi connectivity index (χ4n) is 3.40. The van der Waals surface area contributed by atoms with Crippen LogP contribution in [0.15, 0.2) is 33.7 Å². The molecule has 0 radical (unpaired) electrons. The average Bonchev–Trinajstić information content (AvgIpc) is 3.10. The van der Waals surface area contributed by atoms with E-state index < -0.39 is 0 Å². The van der Waals surface area contributed by atoms with Gasteiger partial charge in [-0.2, -0.15) is 5.10 Å². The first kappa shape index (κ1) is 20.6. The van der Waals surface area contributed by atoms with Gasteiger partial charge in [-0.1, -0.05) is 33.1 Å². The Morgan fingerprint density at radius 3 is 2.64 bits per heavy atom. The molecule has 1 aliphatic carbocycles. The van der Waals surface area contributed by atoms with E-state index in [1.54, 1.807) is 25.6 Å². The second-order valence-corrected chi connectivity index (χ2v) is 8.47. The second kappa shape index (κ2) is 9.92. The van der Waals surface area contributed by atoms with Crippen LogP contribution in [0.2, 0.25) is 0 Å². The molecule has 0 N–H and O–H groups in total. The number of thiazole rings is 1. The van der Waals surface area contributed by atoms with Crippen molar-refractivity contribution in [1.29, 1.82) is 0 Å². The maximum absolute atomic E-state index is 5.63. The third-order valence-electron chi connectivity index (χ3n) is 5.01. The zero-order valence-corrected chi connectivity index (χ0v) is 18.2. The normalized spacial score (nSPS) is 16.2. The number of aromatic nitrogens is 1. The molecule has 28 heavy (non-hydrogen) atoms. The fourth-order valence-corrected chi connectivity index (χ4v) is 4.30. The van der Waals surface area contributed by atoms with Crippen LogP contribution in [0.5, 0.6) is 11.5 Å². The van der Waals surface area contributed by atoms with Crippen LogP contribution in [-0.4, -0.2) is 31.2 Å². The summed E-state index contributed by atoms with van der Waals surface area (Å²) in [6.45, 7) is 4.40. The van der Waals surface area contributed by atoms with Gasteiger partial charge in [-0.15, -0.1) is 11.3 Å². The highest BCUT2D eigenvalue weighted by molar-refractivity contribution is 7.07. The number of benzene rings is 1. The lowest BCUT2D eigenvalue weighted by atomic mass is 9.96. The van der Waals surface area contributed by atoms with Crippen molar-refractivity contribution in [2.75, 3.05) is 14.2 Å². The molecule has 0 unspecified atom stereocenters. The average molecular weight is 402 g/mol. The number of hydrogen-bond acceptors (Lipinski definition) is 5. The third-order valence-corrected chi connectivity index (χ3v) is 5.84. The Morgan fingerprint density at radius 1 is 1.18 bits per heavy atom. The maximum atomic E-state index is 5.63. The van der Waals surface area contributed by atoms with E-state index in [1.807, 2.05) is 29.1 Å². The predicted octanol–water partition coefficient (Wildman–Crippen LogP) is 5.35. The van der Waals surface area contributed by atoms with E-state index in [-0.39, 0.29) is 0 Å². The quantitative estimate of drug-likeness (QED) is 0.587. The molecule has 0 atom stereocenters. The van der Waals surface area contributed by atoms with Crippen LogP contribution in [-0.2, 0) is 0 Å². The molecular weight excluding hydrogens is 370 g/mol. The first-order valence-electron chi connectivity index (χ1n) is 10.1. The largest absolute Gasteiger partial charge is 0.497 e. The van der Waals surface area contributed by atoms with Crippen molar-refractivity contribution in [3.63, 3.8) is 0 Å². The molecule has 0 saturated heterocycles. The smallest absolute Gasteiger partial charge is 0.206 e. The molecule has 2 aromatic rings. The number of hydrogen-bond donors (Lipinski definition) is 0. The van der Waals surface area contributed by atoms with Gasteiger partial charge in [0.1, 0.15) is 11.5 Å². The number of methoxy groups -OCH3 is 2. The molecule has 0 spiro atoms. The van der Waals surface area contributed by atoms with Gasteiger partial charge in [0, 0.05) is 23.2 Å². The van der Waals surface area contributed by atoms with E-state index in [2.05, 4.69) is 19.2 Å². The minimum absolute atomic E-state index is 0.407. The lowest BCUT2D eigenvalue weighted by Crippen LogP contribution is -2.19. The first-order chi connectivity index (χ1) is 13.6. The molecule has 3 rings (SSSR count). The molecule has 0 bridgehead atoms. The molecule has 6 heteroatoms. The highest BCUT2D eigenvalue weighted by atomic mass is 32.1. The summed E-state index contributed by atoms with van der Waals surface area (Å²) in [5, 5.41) is 6.91. The van der Waals surface area contributed by atoms with E-state index >= 15 is 0 Å². The summed E-state index contributed by atoms with van der Waals surface area (Å²) in [6, 6.07) is 6.30. The van der Waals surface area contributed by atoms with Gasteiger partial charge in [0.05, 0.1) is 26.0 Å². The summed E-state index contributed by atoms with van der Waals surface area (Å²) in [5.41, 5.74) is 1.99. The Balaban J connectivity index is 2.05. The van der Waals surface area contributed by atoms with E-state index in [0.29, 0.717) is 12.0 Å². The monoisotopic (exact) mass is 401 g/mol. The summed E-state index contributed by atoms with van der Waals surface area (Å²) >= 11 is 1.65. The van der Waals surface area contributed by atoms with E-state index in [0.717, 1.165) is 34.0 Å². The van der Waals surface area contributed by atoms with Crippen LogP contribution < -0.4 is 14.3 Å². The minimum atomic E-state index is 0.407. The van der Waals surface area contributed by atoms with Crippen LogP contribution >= 0.6 is 11.3 Å². The van der Waals surface area contributed by atoms with Gasteiger partial charge in [0.15, 0.2) is 0 Å². The molecule has 1 heterocycles. The van der Waals surface area contributed by atoms with Crippen molar-refractivity contribution in [2.24, 2.45) is 16.0 Å². The van der Waals surface area contributed by atoms with Crippen molar-refractivity contribution in [3.8, 4) is 22.8 Å². The highest BCUT2D eigenvalue weighted by Crippen LogP contribution is 2.33. The molecule has 152 valence electrons. The molecule has 0 amide bonds. The summed E-state index contributed by atoms with van der Waals surface area (Å²) in [6.07, 6.45) is 9.16. The van der Waals surface area contributed by atoms with Crippen LogP contribution in [0.25, 0.3) is 11.3 Å². The standard InChI is InChI=1S/C22H31N3O2S/c1-16(2)12-13-23-25-20(19-11-10-18(26-3)14-21(19)27-4)15-28-22(25)24-17-8-6-5-7-9-17/h10-11,13-17H,5-9,12H2,1-4H3. The second-order valence-electron chi connectivity index (χ2n) is 7.63. The summed E-state index contributed by atoms with van der Waals surface area (Å²) in [7, 11) is 3.35. The molecule has 5 nitrogen and oxygen atoms in total. The maximum Gasteiger partial charge on any atom is 0.206 e. The lowest BCUT2D eigenvalue weighted by molar-refractivity contribution is 0.395. The minimum Gasteiger partial charge on any atom is -0.497 e. The highest BCUT2D eigenvalue weighted by Gasteiger charge is 2.16. The zero-order valence-electron chi connectivity index (χ0n) is 17.4. The Hall–Kier alpha value is -2.08. The molecule has 1 aliphatic rings. The Morgan fingerprint density at radius 2 is 1.96 bits per heavy atom. The van der Waals surface area contributed by atoms with Crippen LogP contribution in [0, 0.1) is 5.92 Å². The van der Waals surface area contributed by atoms with E-state index in [4.69, 9.17) is 19.6 Å². The topological polar surface area (TPSA) is 48.1 Å². The first-order valence-corrected chi connectivity index (χ1v) is 11.0. The van der Waals surface area contributed by atoms with Gasteiger partial charge in [-0.3, -0.25) is 4.99 Å². The van der Waals surface area contributed by atoms with Gasteiger partial charge in [-0.25, -0.2) is 4.68 Å². The zero-order chi connectivity index (χ0) is 19.9. The SMILES string of the molecule is COc1ccc(-c2csc(=NC3CCCCC3)n2N=CCC(C)C)c(OC)c1. The van der Waals surface area contributed by atoms with Gasteiger partial charge in [0.25, 0.3) is 0 Å². The predicted molar refractivity (Wildman–Crippen MR) is 117 cm³/mol. The number of ether oxygens (including phenoxy) is 2. The third kappa shape index (κ3) is 5.04. The Labute approximate surface area is 171 Å². The number of nitrogens with zero attached hydrogens (tertiary/aromatic N) is 3. The fraction of sp³-hybridized carbons (Fsp3) is 0.545. The lowest BCUT2D eigenvalue weighted by Gasteiger charge is -2.17. The van der Waals surface area contributed by atoms with Crippen molar-refractivity contribution >= 4 is 17.6 Å². The molecule has 1 saturated carbocycles. The van der Waals surface area contributed by atoms with Crippen LogP contribution in [0.4, 0.5) is 0 Å². The Kier molecular flexibility index (Phi) is 7.31. The van der Waals surface area contributed by atoms with E-state index in [1.165, 1.54) is 32.1 Å². The van der Waals surface area contributed by atoms with E-state index in [9.17, 15) is 0 Å². The molecule has 0 aliphatic heterocycles. The van der Waals surface area contributed by atoms with Gasteiger partial charge in [0.2, 0.25) is 4.80 Å².